The molecule has 1 heterocycles. The van der Waals surface area contributed by atoms with Crippen molar-refractivity contribution in [3.63, 3.8) is 0 Å². The maximum atomic E-state index is 12.3. The summed E-state index contributed by atoms with van der Waals surface area (Å²) in [6, 6.07) is 3.57. The van der Waals surface area contributed by atoms with E-state index in [9.17, 15) is 35.2 Å². The molecule has 12 heteroatoms. The lowest BCUT2D eigenvalue weighted by Crippen LogP contribution is -2.23. The average Bonchev–Trinajstić information content (AvgIpc) is 2.67. The molecule has 0 atom stereocenters. The first-order chi connectivity index (χ1) is 14.1. The Morgan fingerprint density at radius 3 is 2.63 bits per heavy atom. The Kier molecular flexibility index (Phi) is 6.28. The molecule has 0 aliphatic rings. The number of amides is 1. The van der Waals surface area contributed by atoms with Gasteiger partial charge in [0.15, 0.2) is 11.4 Å². The molecule has 0 aliphatic carbocycles. The van der Waals surface area contributed by atoms with E-state index in [4.69, 9.17) is 0 Å². The number of nitriles is 1. The summed E-state index contributed by atoms with van der Waals surface area (Å²) in [6.45, 7) is 5.87. The van der Waals surface area contributed by atoms with Crippen molar-refractivity contribution in [3.05, 3.63) is 56.4 Å². The Morgan fingerprint density at radius 1 is 1.43 bits per heavy atom. The zero-order chi connectivity index (χ0) is 22.6. The molecule has 30 heavy (non-hydrogen) atoms. The van der Waals surface area contributed by atoms with E-state index in [0.29, 0.717) is 0 Å². The van der Waals surface area contributed by atoms with E-state index in [0.717, 1.165) is 23.6 Å². The molecule has 0 saturated carbocycles. The number of pyridine rings is 1. The fraction of sp³-hybridized carbons (Fsp3) is 0.167. The molecule has 0 bridgehead atoms. The number of hydrogen-bond donors (Lipinski definition) is 3. The first-order valence-corrected chi connectivity index (χ1v) is 8.30. The van der Waals surface area contributed by atoms with Gasteiger partial charge in [-0.1, -0.05) is 6.08 Å². The summed E-state index contributed by atoms with van der Waals surface area (Å²) < 4.78 is 0.850. The quantitative estimate of drug-likeness (QED) is 0.214. The van der Waals surface area contributed by atoms with Gasteiger partial charge in [-0.2, -0.15) is 5.26 Å². The van der Waals surface area contributed by atoms with Gasteiger partial charge in [-0.05, 0) is 6.92 Å². The predicted octanol–water partition coefficient (Wildman–Crippen LogP) is 2.91. The molecule has 0 fully saturated rings. The van der Waals surface area contributed by atoms with E-state index in [1.54, 1.807) is 6.07 Å². The molecule has 1 amide bonds. The van der Waals surface area contributed by atoms with E-state index < -0.39 is 33.7 Å². The fourth-order valence-electron chi connectivity index (χ4n) is 2.53. The summed E-state index contributed by atoms with van der Waals surface area (Å²) in [5, 5.41) is 50.8. The number of nitrogens with zero attached hydrogens (tertiary/aromatic N) is 5. The van der Waals surface area contributed by atoms with E-state index in [1.165, 1.54) is 13.0 Å². The molecule has 0 radical (unpaired) electrons. The first-order valence-electron chi connectivity index (χ1n) is 8.30. The molecular weight excluding hydrogens is 396 g/mol. The predicted molar refractivity (Wildman–Crippen MR) is 105 cm³/mol. The molecule has 1 aromatic carbocycles. The Morgan fingerprint density at radius 2 is 2.10 bits per heavy atom. The summed E-state index contributed by atoms with van der Waals surface area (Å²) in [4.78, 5) is 33.9. The highest BCUT2D eigenvalue weighted by Gasteiger charge is 2.20. The molecular formula is C18H16N6O6. The minimum absolute atomic E-state index is 0.0241. The van der Waals surface area contributed by atoms with Crippen molar-refractivity contribution in [3.8, 4) is 17.7 Å². The third kappa shape index (κ3) is 4.14. The lowest BCUT2D eigenvalue weighted by atomic mass is 10.1. The number of azo groups is 1. The third-order valence-corrected chi connectivity index (χ3v) is 3.93. The van der Waals surface area contributed by atoms with Gasteiger partial charge in [0.05, 0.1) is 10.6 Å². The van der Waals surface area contributed by atoms with E-state index >= 15 is 0 Å². The van der Waals surface area contributed by atoms with Crippen LogP contribution in [-0.2, 0) is 11.3 Å². The van der Waals surface area contributed by atoms with Gasteiger partial charge in [0.25, 0.3) is 11.2 Å². The first kappa shape index (κ1) is 21.8. The highest BCUT2D eigenvalue weighted by molar-refractivity contribution is 5.92. The highest BCUT2D eigenvalue weighted by atomic mass is 16.6. The second-order valence-electron chi connectivity index (χ2n) is 5.99. The average molecular weight is 412 g/mol. The Labute approximate surface area is 169 Å². The van der Waals surface area contributed by atoms with Crippen molar-refractivity contribution < 1.29 is 19.9 Å². The Hall–Kier alpha value is -4.53. The van der Waals surface area contributed by atoms with Crippen LogP contribution in [0.3, 0.4) is 0 Å². The number of hydrogen-bond acceptors (Lipinski definition) is 9. The maximum absolute atomic E-state index is 12.3. The van der Waals surface area contributed by atoms with Crippen LogP contribution in [0, 0.1) is 28.4 Å². The monoisotopic (exact) mass is 412 g/mol. The topological polar surface area (TPSA) is 183 Å². The second kappa shape index (κ2) is 8.65. The molecule has 0 aliphatic heterocycles. The summed E-state index contributed by atoms with van der Waals surface area (Å²) in [7, 11) is 0. The van der Waals surface area contributed by atoms with Crippen LogP contribution in [0.25, 0.3) is 0 Å². The summed E-state index contributed by atoms with van der Waals surface area (Å²) in [6.07, 6.45) is 1.32. The maximum Gasteiger partial charge on any atom is 0.274 e. The molecule has 3 N–H and O–H groups in total. The standard InChI is InChI=1S/C18H16N6O6/c1-4-5-23-17(27)12(8-19)9(2)15(18(23)28)22-21-14-7-11(24(29)30)6-13(16(14)26)20-10(3)25/h4,6-7,26,28H,1,5H2,2-3H3,(H,20,25)/b22-21+. The number of carbonyl (C=O) groups is 1. The minimum Gasteiger partial charge on any atom is -0.504 e. The molecule has 0 saturated heterocycles. The minimum atomic E-state index is -0.759. The van der Waals surface area contributed by atoms with E-state index in [-0.39, 0.29) is 34.7 Å². The molecule has 0 unspecified atom stereocenters. The number of nitro benzene ring substituents is 1. The number of benzene rings is 1. The SMILES string of the molecule is C=CCn1c(O)c(/N=N/c2cc([N+](=O)[O-])cc(NC(C)=O)c2O)c(C)c(C#N)c1=O. The number of aromatic nitrogens is 1. The zero-order valence-electron chi connectivity index (χ0n) is 15.9. The van der Waals surface area contributed by atoms with Gasteiger partial charge >= 0.3 is 0 Å². The van der Waals surface area contributed by atoms with Gasteiger partial charge in [0.2, 0.25) is 11.8 Å². The molecule has 2 aromatic rings. The summed E-state index contributed by atoms with van der Waals surface area (Å²) >= 11 is 0. The zero-order valence-corrected chi connectivity index (χ0v) is 15.9. The van der Waals surface area contributed by atoms with Gasteiger partial charge < -0.3 is 15.5 Å². The fourth-order valence-corrected chi connectivity index (χ4v) is 2.53. The number of aromatic hydroxyl groups is 2. The number of rotatable bonds is 6. The molecule has 1 aromatic heterocycles. The smallest absolute Gasteiger partial charge is 0.274 e. The second-order valence-corrected chi connectivity index (χ2v) is 5.99. The van der Waals surface area contributed by atoms with Crippen molar-refractivity contribution in [1.82, 2.24) is 4.57 Å². The number of non-ortho nitro benzene ring substituents is 1. The number of allylic oxidation sites excluding steroid dienone is 1. The van der Waals surface area contributed by atoms with Crippen molar-refractivity contribution >= 4 is 28.7 Å². The van der Waals surface area contributed by atoms with Crippen molar-refractivity contribution in [2.45, 2.75) is 20.4 Å². The van der Waals surface area contributed by atoms with Crippen LogP contribution >= 0.6 is 0 Å². The van der Waals surface area contributed by atoms with Gasteiger partial charge in [-0.3, -0.25) is 24.3 Å². The van der Waals surface area contributed by atoms with Gasteiger partial charge in [0, 0.05) is 31.2 Å². The third-order valence-electron chi connectivity index (χ3n) is 3.93. The lowest BCUT2D eigenvalue weighted by molar-refractivity contribution is -0.384. The van der Waals surface area contributed by atoms with Crippen LogP contribution < -0.4 is 10.9 Å². The number of nitro groups is 1. The number of phenolic OH excluding ortho intramolecular Hbond substituents is 1. The molecule has 0 spiro atoms. The number of phenols is 1. The Balaban J connectivity index is 2.72. The number of carbonyl (C=O) groups excluding carboxylic acids is 1. The van der Waals surface area contributed by atoms with Crippen LogP contribution in [-0.4, -0.2) is 25.6 Å². The highest BCUT2D eigenvalue weighted by Crippen LogP contribution is 2.40. The van der Waals surface area contributed by atoms with Crippen molar-refractivity contribution in [1.29, 1.82) is 5.26 Å². The van der Waals surface area contributed by atoms with Crippen molar-refractivity contribution in [2.75, 3.05) is 5.32 Å². The van der Waals surface area contributed by atoms with Gasteiger partial charge in [-0.25, -0.2) is 0 Å². The van der Waals surface area contributed by atoms with E-state index in [1.807, 2.05) is 0 Å². The lowest BCUT2D eigenvalue weighted by Gasteiger charge is -2.11. The molecule has 12 nitrogen and oxygen atoms in total. The number of anilines is 1. The summed E-state index contributed by atoms with van der Waals surface area (Å²) in [5.41, 5.74) is -2.40. The largest absolute Gasteiger partial charge is 0.504 e. The molecule has 154 valence electrons. The normalized spacial score (nSPS) is 10.6. The van der Waals surface area contributed by atoms with E-state index in [2.05, 4.69) is 22.1 Å². The van der Waals surface area contributed by atoms with Crippen LogP contribution in [0.5, 0.6) is 11.6 Å². The van der Waals surface area contributed by atoms with Gasteiger partial charge in [-0.15, -0.1) is 16.8 Å². The van der Waals surface area contributed by atoms with Crippen molar-refractivity contribution in [2.24, 2.45) is 10.2 Å². The van der Waals surface area contributed by atoms with Gasteiger partial charge in [0.1, 0.15) is 17.3 Å². The number of nitrogens with one attached hydrogen (secondary N) is 1. The summed E-state index contributed by atoms with van der Waals surface area (Å²) in [5.74, 6) is -1.79. The van der Waals surface area contributed by atoms with Crippen LogP contribution in [0.2, 0.25) is 0 Å². The van der Waals surface area contributed by atoms with Crippen LogP contribution in [0.1, 0.15) is 18.1 Å². The van der Waals surface area contributed by atoms with Crippen LogP contribution in [0.4, 0.5) is 22.7 Å². The Bertz CT molecular complexity index is 1190. The molecule has 2 rings (SSSR count). The van der Waals surface area contributed by atoms with Crippen LogP contribution in [0.15, 0.2) is 39.8 Å².